The zero-order valence-corrected chi connectivity index (χ0v) is 6.01. The number of hydrogen-bond donors (Lipinski definition) is 5. The number of piperidine rings is 1. The summed E-state index contributed by atoms with van der Waals surface area (Å²) >= 11 is 0. The third kappa shape index (κ3) is 1.69. The van der Waals surface area contributed by atoms with Crippen molar-refractivity contribution >= 4 is 0 Å². The first kappa shape index (κ1) is 8.89. The SMILES string of the molecule is OC[C@H]1NC[C@H](O)[C@H](O)[C@@H]1O. The summed E-state index contributed by atoms with van der Waals surface area (Å²) in [6.07, 6.45) is -3.20. The average Bonchev–Trinajstić information content (AvgIpc) is 2.01. The minimum Gasteiger partial charge on any atom is -0.395 e. The van der Waals surface area contributed by atoms with Crippen LogP contribution in [0, 0.1) is 0 Å². The fraction of sp³-hybridized carbons (Fsp3) is 1.00. The van der Waals surface area contributed by atoms with E-state index in [0.717, 1.165) is 0 Å². The summed E-state index contributed by atoms with van der Waals surface area (Å²) in [6, 6.07) is -0.534. The van der Waals surface area contributed by atoms with Crippen molar-refractivity contribution in [3.8, 4) is 0 Å². The molecule has 0 aromatic rings. The first-order valence-electron chi connectivity index (χ1n) is 3.55. The van der Waals surface area contributed by atoms with E-state index < -0.39 is 24.4 Å². The van der Waals surface area contributed by atoms with Crippen LogP contribution in [0.15, 0.2) is 0 Å². The summed E-state index contributed by atoms with van der Waals surface area (Å²) in [4.78, 5) is 0. The Morgan fingerprint density at radius 3 is 2.36 bits per heavy atom. The monoisotopic (exact) mass is 163 g/mol. The van der Waals surface area contributed by atoms with E-state index in [1.165, 1.54) is 0 Å². The van der Waals surface area contributed by atoms with Gasteiger partial charge in [-0.15, -0.1) is 0 Å². The van der Waals surface area contributed by atoms with Gasteiger partial charge in [-0.1, -0.05) is 0 Å². The van der Waals surface area contributed by atoms with E-state index >= 15 is 0 Å². The van der Waals surface area contributed by atoms with Gasteiger partial charge in [-0.2, -0.15) is 0 Å². The molecule has 1 aliphatic heterocycles. The van der Waals surface area contributed by atoms with Gasteiger partial charge in [-0.3, -0.25) is 0 Å². The molecule has 1 fully saturated rings. The molecule has 0 aromatic heterocycles. The van der Waals surface area contributed by atoms with Gasteiger partial charge in [0.05, 0.1) is 24.9 Å². The van der Waals surface area contributed by atoms with Crippen LogP contribution in [0.5, 0.6) is 0 Å². The van der Waals surface area contributed by atoms with Crippen molar-refractivity contribution < 1.29 is 20.4 Å². The van der Waals surface area contributed by atoms with Crippen LogP contribution >= 0.6 is 0 Å². The third-order valence-electron chi connectivity index (χ3n) is 1.94. The molecule has 0 spiro atoms. The van der Waals surface area contributed by atoms with Crippen molar-refractivity contribution in [1.29, 1.82) is 0 Å². The standard InChI is InChI=1S/C6H13NO4/c8-2-3-5(10)6(11)4(9)1-7-3/h3-11H,1-2H2/t3-,4+,5-,6+/m1/s1. The molecule has 5 N–H and O–H groups in total. The Bertz CT molecular complexity index is 130. The Balaban J connectivity index is 2.52. The van der Waals surface area contributed by atoms with Gasteiger partial charge in [0.15, 0.2) is 0 Å². The fourth-order valence-corrected chi connectivity index (χ4v) is 1.15. The molecule has 1 saturated heterocycles. The number of hydrogen-bond acceptors (Lipinski definition) is 5. The molecule has 11 heavy (non-hydrogen) atoms. The maximum atomic E-state index is 9.18. The molecular formula is C6H13NO4. The number of β-amino-alcohol motifs (C(OH)–C–C–N with tert-alkyl or cyclic N) is 1. The van der Waals surface area contributed by atoms with E-state index in [2.05, 4.69) is 5.32 Å². The lowest BCUT2D eigenvalue weighted by Crippen LogP contribution is -2.60. The van der Waals surface area contributed by atoms with Gasteiger partial charge in [-0.05, 0) is 0 Å². The zero-order chi connectivity index (χ0) is 8.43. The molecule has 0 unspecified atom stereocenters. The van der Waals surface area contributed by atoms with Crippen molar-refractivity contribution in [2.75, 3.05) is 13.2 Å². The van der Waals surface area contributed by atoms with E-state index in [9.17, 15) is 5.11 Å². The molecule has 0 bridgehead atoms. The third-order valence-corrected chi connectivity index (χ3v) is 1.94. The van der Waals surface area contributed by atoms with Crippen LogP contribution in [-0.4, -0.2) is 57.9 Å². The number of aliphatic hydroxyl groups is 4. The lowest BCUT2D eigenvalue weighted by molar-refractivity contribution is -0.101. The molecule has 0 aromatic carbocycles. The predicted molar refractivity (Wildman–Crippen MR) is 36.9 cm³/mol. The van der Waals surface area contributed by atoms with Gasteiger partial charge in [0, 0.05) is 6.54 Å². The number of aliphatic hydroxyl groups excluding tert-OH is 4. The van der Waals surface area contributed by atoms with Gasteiger partial charge in [0.1, 0.15) is 6.10 Å². The maximum absolute atomic E-state index is 9.18. The van der Waals surface area contributed by atoms with E-state index in [1.54, 1.807) is 0 Å². The molecule has 5 nitrogen and oxygen atoms in total. The van der Waals surface area contributed by atoms with E-state index in [4.69, 9.17) is 15.3 Å². The van der Waals surface area contributed by atoms with Crippen LogP contribution in [0.3, 0.4) is 0 Å². The van der Waals surface area contributed by atoms with E-state index in [0.29, 0.717) is 0 Å². The highest BCUT2D eigenvalue weighted by molar-refractivity contribution is 4.91. The normalized spacial score (nSPS) is 45.8. The van der Waals surface area contributed by atoms with Crippen molar-refractivity contribution in [3.63, 3.8) is 0 Å². The second kappa shape index (κ2) is 3.46. The molecular weight excluding hydrogens is 150 g/mol. The van der Waals surface area contributed by atoms with Crippen molar-refractivity contribution in [1.82, 2.24) is 5.32 Å². The molecule has 1 heterocycles. The summed E-state index contributed by atoms with van der Waals surface area (Å²) in [6.45, 7) is -0.0472. The van der Waals surface area contributed by atoms with Gasteiger partial charge >= 0.3 is 0 Å². The van der Waals surface area contributed by atoms with Crippen molar-refractivity contribution in [2.24, 2.45) is 0 Å². The van der Waals surface area contributed by atoms with Crippen molar-refractivity contribution in [2.45, 2.75) is 24.4 Å². The minimum absolute atomic E-state index is 0.198. The Labute approximate surface area is 64.3 Å². The zero-order valence-electron chi connectivity index (χ0n) is 6.01. The lowest BCUT2D eigenvalue weighted by Gasteiger charge is -2.34. The molecule has 1 rings (SSSR count). The highest BCUT2D eigenvalue weighted by Crippen LogP contribution is 2.09. The Kier molecular flexibility index (Phi) is 2.80. The van der Waals surface area contributed by atoms with Crippen LogP contribution in [0.2, 0.25) is 0 Å². The Morgan fingerprint density at radius 1 is 1.18 bits per heavy atom. The first-order valence-corrected chi connectivity index (χ1v) is 3.55. The molecule has 1 aliphatic rings. The second-order valence-corrected chi connectivity index (χ2v) is 2.75. The average molecular weight is 163 g/mol. The molecule has 0 radical (unpaired) electrons. The summed E-state index contributed by atoms with van der Waals surface area (Å²) in [5.74, 6) is 0. The highest BCUT2D eigenvalue weighted by Gasteiger charge is 2.35. The van der Waals surface area contributed by atoms with Crippen molar-refractivity contribution in [3.05, 3.63) is 0 Å². The van der Waals surface area contributed by atoms with Gasteiger partial charge < -0.3 is 25.7 Å². The van der Waals surface area contributed by atoms with Gasteiger partial charge in [0.25, 0.3) is 0 Å². The summed E-state index contributed by atoms with van der Waals surface area (Å²) in [7, 11) is 0. The Morgan fingerprint density at radius 2 is 1.82 bits per heavy atom. The largest absolute Gasteiger partial charge is 0.395 e. The summed E-state index contributed by atoms with van der Waals surface area (Å²) < 4.78 is 0. The predicted octanol–water partition coefficient (Wildman–Crippen LogP) is -2.97. The molecule has 0 saturated carbocycles. The van der Waals surface area contributed by atoms with E-state index in [-0.39, 0.29) is 13.2 Å². The highest BCUT2D eigenvalue weighted by atomic mass is 16.4. The topological polar surface area (TPSA) is 93.0 Å². The molecule has 4 atom stereocenters. The van der Waals surface area contributed by atoms with Gasteiger partial charge in [-0.25, -0.2) is 0 Å². The number of nitrogens with one attached hydrogen (secondary N) is 1. The van der Waals surface area contributed by atoms with Crippen LogP contribution in [0.25, 0.3) is 0 Å². The Hall–Kier alpha value is -0.200. The van der Waals surface area contributed by atoms with Crippen LogP contribution < -0.4 is 5.32 Å². The second-order valence-electron chi connectivity index (χ2n) is 2.75. The fourth-order valence-electron chi connectivity index (χ4n) is 1.15. The quantitative estimate of drug-likeness (QED) is 0.285. The van der Waals surface area contributed by atoms with Crippen LogP contribution in [-0.2, 0) is 0 Å². The molecule has 0 amide bonds. The molecule has 66 valence electrons. The first-order chi connectivity index (χ1) is 5.16. The van der Waals surface area contributed by atoms with E-state index in [1.807, 2.05) is 0 Å². The smallest absolute Gasteiger partial charge is 0.109 e. The minimum atomic E-state index is -1.16. The molecule has 5 heteroatoms. The van der Waals surface area contributed by atoms with Gasteiger partial charge in [0.2, 0.25) is 0 Å². The maximum Gasteiger partial charge on any atom is 0.109 e. The molecule has 0 aliphatic carbocycles. The number of rotatable bonds is 1. The van der Waals surface area contributed by atoms with Crippen LogP contribution in [0.1, 0.15) is 0 Å². The van der Waals surface area contributed by atoms with Crippen LogP contribution in [0.4, 0.5) is 0 Å². The lowest BCUT2D eigenvalue weighted by atomic mass is 9.97. The summed E-state index contributed by atoms with van der Waals surface area (Å²) in [5.41, 5.74) is 0. The summed E-state index contributed by atoms with van der Waals surface area (Å²) in [5, 5.41) is 38.6.